The monoisotopic (exact) mass is 515 g/mol. The van der Waals surface area contributed by atoms with Crippen molar-refractivity contribution in [1.82, 2.24) is 10.3 Å². The highest BCUT2D eigenvalue weighted by Gasteiger charge is 2.38. The molecule has 1 aromatic carbocycles. The molecule has 2 aromatic rings. The molecule has 1 aliphatic heterocycles. The fourth-order valence-corrected chi connectivity index (χ4v) is 3.96. The standard InChI is InChI=1S/C24H22ClN3O8/c1-13-18(23(30)34-3)20(15-6-4-7-16(12-15)28(32)33)19(14(2)27-13)24(31)36-11-10-35-22(29)17-8-5-9-26-21(17)25/h4-9,12,20,27H,10-11H2,1-3H3. The fraction of sp³-hybridized carbons (Fsp3) is 0.250. The quantitative estimate of drug-likeness (QED) is 0.138. The Morgan fingerprint density at radius 1 is 1.03 bits per heavy atom. The van der Waals surface area contributed by atoms with Gasteiger partial charge in [0.25, 0.3) is 5.69 Å². The molecule has 1 unspecified atom stereocenters. The summed E-state index contributed by atoms with van der Waals surface area (Å²) in [4.78, 5) is 52.5. The van der Waals surface area contributed by atoms with Crippen molar-refractivity contribution < 1.29 is 33.5 Å². The Morgan fingerprint density at radius 3 is 2.28 bits per heavy atom. The predicted molar refractivity (Wildman–Crippen MR) is 127 cm³/mol. The fourth-order valence-electron chi connectivity index (χ4n) is 3.76. The summed E-state index contributed by atoms with van der Waals surface area (Å²) in [5.41, 5.74) is 1.16. The Kier molecular flexibility index (Phi) is 8.38. The number of pyridine rings is 1. The second-order valence-corrected chi connectivity index (χ2v) is 7.95. The Labute approximate surface area is 210 Å². The largest absolute Gasteiger partial charge is 0.466 e. The number of methoxy groups -OCH3 is 1. The third-order valence-corrected chi connectivity index (χ3v) is 5.63. The Bertz CT molecular complexity index is 1290. The number of ether oxygens (including phenoxy) is 3. The van der Waals surface area contributed by atoms with E-state index < -0.39 is 28.7 Å². The summed E-state index contributed by atoms with van der Waals surface area (Å²) in [5, 5.41) is 14.3. The van der Waals surface area contributed by atoms with Crippen LogP contribution in [-0.2, 0) is 23.8 Å². The number of benzene rings is 1. The van der Waals surface area contributed by atoms with Crippen LogP contribution in [0.2, 0.25) is 5.15 Å². The number of allylic oxidation sites excluding steroid dienone is 2. The SMILES string of the molecule is COC(=O)C1=C(C)NC(C)=C(C(=O)OCCOC(=O)c2cccnc2Cl)C1c1cccc([N+](=O)[O-])c1. The van der Waals surface area contributed by atoms with E-state index in [1.54, 1.807) is 19.9 Å². The number of nitro groups is 1. The zero-order chi connectivity index (χ0) is 26.4. The molecular weight excluding hydrogens is 494 g/mol. The first kappa shape index (κ1) is 26.4. The third-order valence-electron chi connectivity index (χ3n) is 5.33. The number of carbonyl (C=O) groups excluding carboxylic acids is 3. The number of hydrogen-bond donors (Lipinski definition) is 1. The molecule has 0 fully saturated rings. The molecule has 11 nitrogen and oxygen atoms in total. The molecule has 3 rings (SSSR count). The maximum Gasteiger partial charge on any atom is 0.341 e. The minimum atomic E-state index is -0.997. The van der Waals surface area contributed by atoms with Crippen molar-refractivity contribution >= 4 is 35.2 Å². The first-order valence-corrected chi connectivity index (χ1v) is 11.0. The first-order valence-electron chi connectivity index (χ1n) is 10.6. The number of carbonyl (C=O) groups is 3. The maximum absolute atomic E-state index is 13.1. The molecule has 0 saturated carbocycles. The molecule has 1 aromatic heterocycles. The van der Waals surface area contributed by atoms with Gasteiger partial charge in [-0.15, -0.1) is 0 Å². The van der Waals surface area contributed by atoms with E-state index in [1.165, 1.54) is 43.6 Å². The van der Waals surface area contributed by atoms with Gasteiger partial charge in [-0.2, -0.15) is 0 Å². The van der Waals surface area contributed by atoms with E-state index in [-0.39, 0.29) is 40.8 Å². The lowest BCUT2D eigenvalue weighted by Gasteiger charge is -2.30. The van der Waals surface area contributed by atoms with Gasteiger partial charge in [-0.3, -0.25) is 10.1 Å². The summed E-state index contributed by atoms with van der Waals surface area (Å²) >= 11 is 5.87. The van der Waals surface area contributed by atoms with E-state index in [4.69, 9.17) is 25.8 Å². The van der Waals surface area contributed by atoms with Crippen molar-refractivity contribution in [2.24, 2.45) is 0 Å². The first-order chi connectivity index (χ1) is 17.1. The summed E-state index contributed by atoms with van der Waals surface area (Å²) < 4.78 is 15.3. The second-order valence-electron chi connectivity index (χ2n) is 7.59. The van der Waals surface area contributed by atoms with Gasteiger partial charge in [0.2, 0.25) is 0 Å². The van der Waals surface area contributed by atoms with Gasteiger partial charge in [-0.05, 0) is 31.5 Å². The van der Waals surface area contributed by atoms with Crippen molar-refractivity contribution in [2.75, 3.05) is 20.3 Å². The van der Waals surface area contributed by atoms with Crippen molar-refractivity contribution in [3.8, 4) is 0 Å². The minimum absolute atomic E-state index is 0.0224. The maximum atomic E-state index is 13.1. The normalized spacial score (nSPS) is 15.2. The summed E-state index contributed by atoms with van der Waals surface area (Å²) in [6.07, 6.45) is 1.42. The summed E-state index contributed by atoms with van der Waals surface area (Å²) in [6.45, 7) is 2.68. The van der Waals surface area contributed by atoms with Gasteiger partial charge < -0.3 is 19.5 Å². The predicted octanol–water partition coefficient (Wildman–Crippen LogP) is 3.45. The van der Waals surface area contributed by atoms with Crippen LogP contribution in [0.4, 0.5) is 5.69 Å². The smallest absolute Gasteiger partial charge is 0.341 e. The van der Waals surface area contributed by atoms with Crippen LogP contribution >= 0.6 is 11.6 Å². The minimum Gasteiger partial charge on any atom is -0.466 e. The van der Waals surface area contributed by atoms with Gasteiger partial charge in [0.05, 0.1) is 34.7 Å². The highest BCUT2D eigenvalue weighted by atomic mass is 35.5. The van der Waals surface area contributed by atoms with Crippen molar-refractivity contribution in [2.45, 2.75) is 19.8 Å². The molecule has 36 heavy (non-hydrogen) atoms. The van der Waals surface area contributed by atoms with Crippen LogP contribution in [0.15, 0.2) is 65.1 Å². The Hall–Kier alpha value is -4.25. The van der Waals surface area contributed by atoms with Crippen molar-refractivity contribution in [3.05, 3.63) is 91.5 Å². The number of nitro benzene ring substituents is 1. The van der Waals surface area contributed by atoms with Crippen LogP contribution in [0.3, 0.4) is 0 Å². The van der Waals surface area contributed by atoms with Gasteiger partial charge in [0, 0.05) is 29.7 Å². The van der Waals surface area contributed by atoms with E-state index in [0.717, 1.165) is 0 Å². The van der Waals surface area contributed by atoms with Crippen LogP contribution in [-0.4, -0.2) is 48.1 Å². The van der Waals surface area contributed by atoms with E-state index in [1.807, 2.05) is 0 Å². The molecule has 1 atom stereocenters. The number of non-ortho nitro benzene ring substituents is 1. The molecule has 1 aliphatic rings. The topological polar surface area (TPSA) is 147 Å². The van der Waals surface area contributed by atoms with Gasteiger partial charge >= 0.3 is 17.9 Å². The van der Waals surface area contributed by atoms with Crippen LogP contribution < -0.4 is 5.32 Å². The number of esters is 3. The van der Waals surface area contributed by atoms with Gasteiger partial charge in [0.15, 0.2) is 0 Å². The number of halogens is 1. The van der Waals surface area contributed by atoms with Crippen LogP contribution in [0.1, 0.15) is 35.7 Å². The van der Waals surface area contributed by atoms with E-state index in [0.29, 0.717) is 17.0 Å². The summed E-state index contributed by atoms with van der Waals surface area (Å²) in [7, 11) is 1.19. The van der Waals surface area contributed by atoms with Gasteiger partial charge in [-0.25, -0.2) is 19.4 Å². The lowest BCUT2D eigenvalue weighted by molar-refractivity contribution is -0.384. The van der Waals surface area contributed by atoms with Crippen molar-refractivity contribution in [3.63, 3.8) is 0 Å². The van der Waals surface area contributed by atoms with Crippen LogP contribution in [0.25, 0.3) is 0 Å². The van der Waals surface area contributed by atoms with Crippen LogP contribution in [0, 0.1) is 10.1 Å². The molecule has 0 radical (unpaired) electrons. The number of rotatable bonds is 8. The van der Waals surface area contributed by atoms with Gasteiger partial charge in [-0.1, -0.05) is 23.7 Å². The molecule has 188 valence electrons. The van der Waals surface area contributed by atoms with E-state index in [9.17, 15) is 24.5 Å². The molecule has 1 N–H and O–H groups in total. The molecule has 0 amide bonds. The number of hydrogen-bond acceptors (Lipinski definition) is 10. The lowest BCUT2D eigenvalue weighted by Crippen LogP contribution is -2.32. The number of dihydropyridines is 1. The summed E-state index contributed by atoms with van der Waals surface area (Å²) in [6, 6.07) is 8.58. The third kappa shape index (κ3) is 5.69. The zero-order valence-corrected chi connectivity index (χ0v) is 20.3. The van der Waals surface area contributed by atoms with E-state index in [2.05, 4.69) is 10.3 Å². The molecular formula is C24H22ClN3O8. The average molecular weight is 516 g/mol. The molecule has 0 saturated heterocycles. The lowest BCUT2D eigenvalue weighted by atomic mass is 9.80. The van der Waals surface area contributed by atoms with Crippen LogP contribution in [0.5, 0.6) is 0 Å². The average Bonchev–Trinajstić information content (AvgIpc) is 2.85. The van der Waals surface area contributed by atoms with E-state index >= 15 is 0 Å². The second kappa shape index (κ2) is 11.5. The molecule has 0 aliphatic carbocycles. The molecule has 0 bridgehead atoms. The highest BCUT2D eigenvalue weighted by molar-refractivity contribution is 6.32. The molecule has 12 heteroatoms. The zero-order valence-electron chi connectivity index (χ0n) is 19.6. The van der Waals surface area contributed by atoms with Crippen molar-refractivity contribution in [1.29, 1.82) is 0 Å². The number of aromatic nitrogens is 1. The molecule has 2 heterocycles. The Morgan fingerprint density at radius 2 is 1.67 bits per heavy atom. The summed E-state index contributed by atoms with van der Waals surface area (Å²) in [5.74, 6) is -3.25. The highest BCUT2D eigenvalue weighted by Crippen LogP contribution is 2.40. The molecule has 0 spiro atoms. The Balaban J connectivity index is 1.83. The van der Waals surface area contributed by atoms with Gasteiger partial charge in [0.1, 0.15) is 18.4 Å². The number of nitrogens with one attached hydrogen (secondary N) is 1. The number of nitrogens with zero attached hydrogens (tertiary/aromatic N) is 2.